The molecule has 0 unspecified atom stereocenters. The van der Waals surface area contributed by atoms with Crippen LogP contribution in [0.3, 0.4) is 0 Å². The normalized spacial score (nSPS) is 10.6. The third-order valence-electron chi connectivity index (χ3n) is 3.91. The summed E-state index contributed by atoms with van der Waals surface area (Å²) in [5.41, 5.74) is 1.40. The van der Waals surface area contributed by atoms with E-state index in [4.69, 9.17) is 16.3 Å². The molecule has 150 valence electrons. The Kier molecular flexibility index (Phi) is 8.22. The number of benzene rings is 2. The summed E-state index contributed by atoms with van der Waals surface area (Å²) in [6.07, 6.45) is 0.602. The monoisotopic (exact) mass is 407 g/mol. The second-order valence-corrected chi connectivity index (χ2v) is 6.73. The van der Waals surface area contributed by atoms with E-state index in [0.29, 0.717) is 29.4 Å². The van der Waals surface area contributed by atoms with Crippen molar-refractivity contribution in [3.63, 3.8) is 0 Å². The van der Waals surface area contributed by atoms with Gasteiger partial charge in [-0.05, 0) is 49.4 Å². The zero-order valence-electron chi connectivity index (χ0n) is 15.8. The molecule has 2 rings (SSSR count). The molecule has 2 N–H and O–H groups in total. The number of methoxy groups -OCH3 is 1. The molecular weight excluding hydrogens is 385 g/mol. The van der Waals surface area contributed by atoms with Gasteiger partial charge in [-0.1, -0.05) is 23.7 Å². The predicted molar refractivity (Wildman–Crippen MR) is 107 cm³/mol. The lowest BCUT2D eigenvalue weighted by Crippen LogP contribution is -2.39. The van der Waals surface area contributed by atoms with Crippen LogP contribution < -0.4 is 15.4 Å². The molecule has 8 heteroatoms. The van der Waals surface area contributed by atoms with Crippen molar-refractivity contribution in [2.24, 2.45) is 0 Å². The maximum atomic E-state index is 12.9. The number of ether oxygens (including phenoxy) is 1. The van der Waals surface area contributed by atoms with Gasteiger partial charge >= 0.3 is 0 Å². The second-order valence-electron chi connectivity index (χ2n) is 6.29. The molecule has 0 saturated heterocycles. The van der Waals surface area contributed by atoms with Gasteiger partial charge in [0.25, 0.3) is 0 Å². The van der Waals surface area contributed by atoms with Crippen LogP contribution in [0.5, 0.6) is 5.75 Å². The van der Waals surface area contributed by atoms with Gasteiger partial charge < -0.3 is 15.4 Å². The summed E-state index contributed by atoms with van der Waals surface area (Å²) >= 11 is 5.94. The number of halogens is 2. The fraction of sp³-hybridized carbons (Fsp3) is 0.300. The smallest absolute Gasteiger partial charge is 0.238 e. The van der Waals surface area contributed by atoms with E-state index in [1.165, 1.54) is 19.2 Å². The van der Waals surface area contributed by atoms with Crippen LogP contribution in [0.2, 0.25) is 5.02 Å². The quantitative estimate of drug-likeness (QED) is 0.670. The largest absolute Gasteiger partial charge is 0.495 e. The Morgan fingerprint density at radius 1 is 1.11 bits per heavy atom. The van der Waals surface area contributed by atoms with Gasteiger partial charge in [0, 0.05) is 11.6 Å². The Hall–Kier alpha value is -2.64. The maximum absolute atomic E-state index is 12.9. The molecule has 0 atom stereocenters. The minimum Gasteiger partial charge on any atom is -0.495 e. The first-order chi connectivity index (χ1) is 13.4. The topological polar surface area (TPSA) is 70.7 Å². The van der Waals surface area contributed by atoms with E-state index < -0.39 is 0 Å². The maximum Gasteiger partial charge on any atom is 0.238 e. The second kappa shape index (κ2) is 10.6. The van der Waals surface area contributed by atoms with Gasteiger partial charge in [0.1, 0.15) is 11.6 Å². The highest BCUT2D eigenvalue weighted by atomic mass is 35.5. The summed E-state index contributed by atoms with van der Waals surface area (Å²) in [6.45, 7) is 0.536. The van der Waals surface area contributed by atoms with Crippen molar-refractivity contribution in [1.29, 1.82) is 0 Å². The molecule has 0 spiro atoms. The average molecular weight is 408 g/mol. The number of anilines is 1. The van der Waals surface area contributed by atoms with E-state index in [9.17, 15) is 14.0 Å². The van der Waals surface area contributed by atoms with Crippen molar-refractivity contribution in [2.75, 3.05) is 39.1 Å². The standard InChI is InChI=1S/C20H23ClFN3O3/c1-25(12-19(26)23-10-9-14-3-6-16(22)7-4-14)13-20(27)24-17-11-15(21)5-8-18(17)28-2/h3-8,11H,9-10,12-13H2,1-2H3,(H,23,26)(H,24,27). The third-order valence-corrected chi connectivity index (χ3v) is 4.15. The van der Waals surface area contributed by atoms with Crippen LogP contribution in [0.1, 0.15) is 5.56 Å². The van der Waals surface area contributed by atoms with Gasteiger partial charge in [-0.2, -0.15) is 0 Å². The summed E-state index contributed by atoms with van der Waals surface area (Å²) in [7, 11) is 3.18. The number of nitrogens with one attached hydrogen (secondary N) is 2. The Bertz CT molecular complexity index is 815. The highest BCUT2D eigenvalue weighted by Crippen LogP contribution is 2.27. The minimum absolute atomic E-state index is 0.0288. The van der Waals surface area contributed by atoms with Crippen molar-refractivity contribution in [1.82, 2.24) is 10.2 Å². The lowest BCUT2D eigenvalue weighted by Gasteiger charge is -2.17. The van der Waals surface area contributed by atoms with E-state index >= 15 is 0 Å². The molecule has 0 radical (unpaired) electrons. The molecule has 0 aliphatic rings. The highest BCUT2D eigenvalue weighted by molar-refractivity contribution is 6.31. The minimum atomic E-state index is -0.290. The molecule has 6 nitrogen and oxygen atoms in total. The third kappa shape index (κ3) is 7.17. The number of rotatable bonds is 9. The number of amides is 2. The van der Waals surface area contributed by atoms with Crippen LogP contribution in [0, 0.1) is 5.82 Å². The van der Waals surface area contributed by atoms with Crippen LogP contribution in [0.15, 0.2) is 42.5 Å². The average Bonchev–Trinajstić information content (AvgIpc) is 2.63. The van der Waals surface area contributed by atoms with Crippen LogP contribution in [-0.2, 0) is 16.0 Å². The van der Waals surface area contributed by atoms with E-state index in [1.54, 1.807) is 42.3 Å². The molecule has 0 aromatic heterocycles. The van der Waals surface area contributed by atoms with Gasteiger partial charge in [-0.25, -0.2) is 4.39 Å². The van der Waals surface area contributed by atoms with Gasteiger partial charge in [0.15, 0.2) is 0 Å². The molecule has 2 aromatic carbocycles. The van der Waals surface area contributed by atoms with Crippen molar-refractivity contribution in [2.45, 2.75) is 6.42 Å². The molecule has 2 aromatic rings. The van der Waals surface area contributed by atoms with E-state index in [-0.39, 0.29) is 30.7 Å². The van der Waals surface area contributed by atoms with Gasteiger partial charge in [-0.15, -0.1) is 0 Å². The van der Waals surface area contributed by atoms with Crippen molar-refractivity contribution in [3.8, 4) is 5.75 Å². The molecular formula is C20H23ClFN3O3. The van der Waals surface area contributed by atoms with Crippen molar-refractivity contribution >= 4 is 29.1 Å². The molecule has 2 amide bonds. The van der Waals surface area contributed by atoms with Crippen molar-refractivity contribution in [3.05, 3.63) is 58.9 Å². The SMILES string of the molecule is COc1ccc(Cl)cc1NC(=O)CN(C)CC(=O)NCCc1ccc(F)cc1. The number of carbonyl (C=O) groups is 2. The van der Waals surface area contributed by atoms with Crippen LogP contribution >= 0.6 is 11.6 Å². The zero-order chi connectivity index (χ0) is 20.5. The van der Waals surface area contributed by atoms with E-state index in [1.807, 2.05) is 0 Å². The van der Waals surface area contributed by atoms with Gasteiger partial charge in [0.2, 0.25) is 11.8 Å². The number of likely N-dealkylation sites (N-methyl/N-ethyl adjacent to an activating group) is 1. The summed E-state index contributed by atoms with van der Waals surface area (Å²) < 4.78 is 18.0. The van der Waals surface area contributed by atoms with Gasteiger partial charge in [-0.3, -0.25) is 14.5 Å². The van der Waals surface area contributed by atoms with Crippen LogP contribution in [0.25, 0.3) is 0 Å². The van der Waals surface area contributed by atoms with E-state index in [2.05, 4.69) is 10.6 Å². The Morgan fingerprint density at radius 3 is 2.46 bits per heavy atom. The molecule has 28 heavy (non-hydrogen) atoms. The van der Waals surface area contributed by atoms with Crippen molar-refractivity contribution < 1.29 is 18.7 Å². The zero-order valence-corrected chi connectivity index (χ0v) is 16.6. The fourth-order valence-corrected chi connectivity index (χ4v) is 2.74. The van der Waals surface area contributed by atoms with Crippen LogP contribution in [-0.4, -0.2) is 50.5 Å². The molecule has 0 heterocycles. The molecule has 0 saturated carbocycles. The Labute approximate surface area is 168 Å². The van der Waals surface area contributed by atoms with E-state index in [0.717, 1.165) is 5.56 Å². The molecule has 0 aliphatic heterocycles. The van der Waals surface area contributed by atoms with Crippen LogP contribution in [0.4, 0.5) is 10.1 Å². The summed E-state index contributed by atoms with van der Waals surface area (Å²) in [5.74, 6) is -0.276. The highest BCUT2D eigenvalue weighted by Gasteiger charge is 2.13. The number of carbonyl (C=O) groups excluding carboxylic acids is 2. The predicted octanol–water partition coefficient (Wildman–Crippen LogP) is 2.72. The summed E-state index contributed by atoms with van der Waals surface area (Å²) in [6, 6.07) is 11.1. The lowest BCUT2D eigenvalue weighted by molar-refractivity contribution is -0.122. The number of hydrogen-bond acceptors (Lipinski definition) is 4. The fourth-order valence-electron chi connectivity index (χ4n) is 2.57. The Balaban J connectivity index is 1.74. The number of nitrogens with zero attached hydrogens (tertiary/aromatic N) is 1. The Morgan fingerprint density at radius 2 is 1.79 bits per heavy atom. The first-order valence-electron chi connectivity index (χ1n) is 8.70. The lowest BCUT2D eigenvalue weighted by atomic mass is 10.1. The molecule has 0 fully saturated rings. The van der Waals surface area contributed by atoms with Gasteiger partial charge in [0.05, 0.1) is 25.9 Å². The summed E-state index contributed by atoms with van der Waals surface area (Å²) in [4.78, 5) is 25.8. The number of hydrogen-bond donors (Lipinski definition) is 2. The first-order valence-corrected chi connectivity index (χ1v) is 9.08. The summed E-state index contributed by atoms with van der Waals surface area (Å²) in [5, 5.41) is 5.98. The first kappa shape index (κ1) is 21.7. The molecule has 0 aliphatic carbocycles. The molecule has 0 bridgehead atoms.